The minimum Gasteiger partial charge on any atom is -0.478 e. The molecule has 112 valence electrons. The second kappa shape index (κ2) is 5.15. The Labute approximate surface area is 123 Å². The number of rotatable bonds is 3. The van der Waals surface area contributed by atoms with Crippen LogP contribution in [-0.2, 0) is 16.7 Å². The van der Waals surface area contributed by atoms with E-state index in [9.17, 15) is 9.90 Å². The zero-order valence-electron chi connectivity index (χ0n) is 12.4. The minimum absolute atomic E-state index is 0.0600. The summed E-state index contributed by atoms with van der Waals surface area (Å²) in [4.78, 5) is 15.9. The van der Waals surface area contributed by atoms with Crippen molar-refractivity contribution in [2.45, 2.75) is 38.6 Å². The van der Waals surface area contributed by atoms with Crippen LogP contribution < -0.4 is 0 Å². The van der Waals surface area contributed by atoms with Crippen LogP contribution in [0.1, 0.15) is 42.9 Å². The van der Waals surface area contributed by atoms with E-state index in [0.717, 1.165) is 49.3 Å². The van der Waals surface area contributed by atoms with E-state index in [4.69, 9.17) is 4.74 Å². The van der Waals surface area contributed by atoms with Crippen molar-refractivity contribution in [1.29, 1.82) is 0 Å². The van der Waals surface area contributed by atoms with Gasteiger partial charge in [-0.05, 0) is 38.0 Å². The zero-order valence-corrected chi connectivity index (χ0v) is 12.4. The van der Waals surface area contributed by atoms with Crippen LogP contribution in [0.25, 0.3) is 11.0 Å². The maximum atomic E-state index is 11.2. The van der Waals surface area contributed by atoms with Gasteiger partial charge in [0, 0.05) is 25.2 Å². The first-order chi connectivity index (χ1) is 10.0. The molecular formula is C16H20N2O3. The maximum Gasteiger partial charge on any atom is 0.335 e. The monoisotopic (exact) mass is 288 g/mol. The third-order valence-corrected chi connectivity index (χ3v) is 4.40. The molecule has 1 saturated heterocycles. The maximum absolute atomic E-state index is 11.2. The summed E-state index contributed by atoms with van der Waals surface area (Å²) >= 11 is 0. The molecule has 0 amide bonds. The molecule has 2 aromatic rings. The van der Waals surface area contributed by atoms with Crippen LogP contribution in [0.3, 0.4) is 0 Å². The van der Waals surface area contributed by atoms with Crippen molar-refractivity contribution < 1.29 is 14.6 Å². The van der Waals surface area contributed by atoms with Crippen LogP contribution in [0, 0.1) is 0 Å². The van der Waals surface area contributed by atoms with Gasteiger partial charge in [0.25, 0.3) is 0 Å². The third-order valence-electron chi connectivity index (χ3n) is 4.40. The topological polar surface area (TPSA) is 64.3 Å². The van der Waals surface area contributed by atoms with Crippen molar-refractivity contribution in [2.75, 3.05) is 13.2 Å². The van der Waals surface area contributed by atoms with Crippen molar-refractivity contribution >= 4 is 17.0 Å². The van der Waals surface area contributed by atoms with Crippen molar-refractivity contribution in [2.24, 2.45) is 0 Å². The highest BCUT2D eigenvalue weighted by molar-refractivity contribution is 5.92. The molecule has 1 aliphatic heterocycles. The van der Waals surface area contributed by atoms with Gasteiger partial charge in [-0.3, -0.25) is 0 Å². The van der Waals surface area contributed by atoms with Crippen molar-refractivity contribution in [3.05, 3.63) is 29.6 Å². The molecule has 3 rings (SSSR count). The summed E-state index contributed by atoms with van der Waals surface area (Å²) in [6.45, 7) is 5.76. The average Bonchev–Trinajstić information content (AvgIpc) is 2.86. The van der Waals surface area contributed by atoms with Gasteiger partial charge in [0.2, 0.25) is 0 Å². The van der Waals surface area contributed by atoms with E-state index in [1.54, 1.807) is 18.2 Å². The number of carboxylic acids is 1. The van der Waals surface area contributed by atoms with Crippen LogP contribution in [0.15, 0.2) is 18.2 Å². The second-order valence-corrected chi connectivity index (χ2v) is 5.83. The van der Waals surface area contributed by atoms with E-state index in [1.807, 2.05) is 0 Å². The van der Waals surface area contributed by atoms with E-state index >= 15 is 0 Å². The van der Waals surface area contributed by atoms with Gasteiger partial charge in [0.05, 0.1) is 16.6 Å². The quantitative estimate of drug-likeness (QED) is 0.943. The van der Waals surface area contributed by atoms with Crippen molar-refractivity contribution in [3.8, 4) is 0 Å². The highest BCUT2D eigenvalue weighted by Gasteiger charge is 2.32. The molecule has 1 aromatic carbocycles. The summed E-state index contributed by atoms with van der Waals surface area (Å²) in [5.41, 5.74) is 2.03. The minimum atomic E-state index is -0.903. The average molecular weight is 288 g/mol. The highest BCUT2D eigenvalue weighted by atomic mass is 16.5. The lowest BCUT2D eigenvalue weighted by atomic mass is 9.91. The van der Waals surface area contributed by atoms with E-state index in [2.05, 4.69) is 23.4 Å². The van der Waals surface area contributed by atoms with Gasteiger partial charge >= 0.3 is 5.97 Å². The summed E-state index contributed by atoms with van der Waals surface area (Å²) in [6.07, 6.45) is 2.67. The lowest BCUT2D eigenvalue weighted by Crippen LogP contribution is -2.37. The van der Waals surface area contributed by atoms with Crippen LogP contribution in [0.2, 0.25) is 0 Å². The van der Waals surface area contributed by atoms with E-state index in [-0.39, 0.29) is 5.54 Å². The second-order valence-electron chi connectivity index (χ2n) is 5.83. The summed E-state index contributed by atoms with van der Waals surface area (Å²) in [6, 6.07) is 5.16. The van der Waals surface area contributed by atoms with Gasteiger partial charge < -0.3 is 14.4 Å². The van der Waals surface area contributed by atoms with Gasteiger partial charge in [-0.1, -0.05) is 6.92 Å². The molecule has 5 nitrogen and oxygen atoms in total. The highest BCUT2D eigenvalue weighted by Crippen LogP contribution is 2.34. The molecule has 1 fully saturated rings. The summed E-state index contributed by atoms with van der Waals surface area (Å²) in [5, 5.41) is 9.22. The number of ether oxygens (including phenoxy) is 1. The number of aromatic carboxylic acids is 1. The number of carbonyl (C=O) groups is 1. The van der Waals surface area contributed by atoms with Crippen LogP contribution in [0.4, 0.5) is 0 Å². The van der Waals surface area contributed by atoms with Crippen LogP contribution in [0.5, 0.6) is 0 Å². The lowest BCUT2D eigenvalue weighted by Gasteiger charge is -2.36. The molecule has 0 saturated carbocycles. The number of nitrogens with zero attached hydrogens (tertiary/aromatic N) is 2. The third kappa shape index (κ3) is 2.31. The molecule has 0 atom stereocenters. The summed E-state index contributed by atoms with van der Waals surface area (Å²) in [5.74, 6) is 0.108. The molecule has 0 bridgehead atoms. The first-order valence-corrected chi connectivity index (χ1v) is 7.38. The Hall–Kier alpha value is -1.88. The SMILES string of the molecule is CCc1nc2ccc(C(=O)O)cc2n1C1(C)CCOCC1. The molecule has 0 unspecified atom stereocenters. The van der Waals surface area contributed by atoms with Crippen LogP contribution >= 0.6 is 0 Å². The number of carboxylic acid groups (broad SMARTS) is 1. The fraction of sp³-hybridized carbons (Fsp3) is 0.500. The number of aromatic nitrogens is 2. The Balaban J connectivity index is 2.22. The van der Waals surface area contributed by atoms with Crippen LogP contribution in [-0.4, -0.2) is 33.8 Å². The first-order valence-electron chi connectivity index (χ1n) is 7.38. The van der Waals surface area contributed by atoms with Gasteiger partial charge in [-0.15, -0.1) is 0 Å². The molecule has 21 heavy (non-hydrogen) atoms. The van der Waals surface area contributed by atoms with Crippen molar-refractivity contribution in [3.63, 3.8) is 0 Å². The van der Waals surface area contributed by atoms with Gasteiger partial charge in [-0.25, -0.2) is 9.78 Å². The molecule has 0 spiro atoms. The predicted molar refractivity (Wildman–Crippen MR) is 79.8 cm³/mol. The number of hydrogen-bond donors (Lipinski definition) is 1. The molecule has 1 N–H and O–H groups in total. The summed E-state index contributed by atoms with van der Waals surface area (Å²) < 4.78 is 7.72. The van der Waals surface area contributed by atoms with E-state index < -0.39 is 5.97 Å². The van der Waals surface area contributed by atoms with E-state index in [1.165, 1.54) is 0 Å². The number of hydrogen-bond acceptors (Lipinski definition) is 3. The Morgan fingerprint density at radius 2 is 2.14 bits per heavy atom. The lowest BCUT2D eigenvalue weighted by molar-refractivity contribution is 0.0300. The molecular weight excluding hydrogens is 268 g/mol. The Morgan fingerprint density at radius 1 is 1.43 bits per heavy atom. The number of aryl methyl sites for hydroxylation is 1. The largest absolute Gasteiger partial charge is 0.478 e. The first kappa shape index (κ1) is 14.1. The number of imidazole rings is 1. The normalized spacial score (nSPS) is 18.0. The molecule has 0 aliphatic carbocycles. The van der Waals surface area contributed by atoms with Crippen molar-refractivity contribution in [1.82, 2.24) is 9.55 Å². The standard InChI is InChI=1S/C16H20N2O3/c1-3-14-17-12-5-4-11(15(19)20)10-13(12)18(14)16(2)6-8-21-9-7-16/h4-5,10H,3,6-9H2,1-2H3,(H,19,20). The van der Waals surface area contributed by atoms with Gasteiger partial charge in [0.15, 0.2) is 0 Å². The Morgan fingerprint density at radius 3 is 2.76 bits per heavy atom. The molecule has 2 heterocycles. The molecule has 1 aliphatic rings. The zero-order chi connectivity index (χ0) is 15.0. The summed E-state index contributed by atoms with van der Waals surface area (Å²) in [7, 11) is 0. The predicted octanol–water partition coefficient (Wildman–Crippen LogP) is 2.82. The number of fused-ring (bicyclic) bond motifs is 1. The van der Waals surface area contributed by atoms with Gasteiger partial charge in [0.1, 0.15) is 5.82 Å². The molecule has 0 radical (unpaired) electrons. The smallest absolute Gasteiger partial charge is 0.335 e. The number of benzene rings is 1. The Bertz CT molecular complexity index is 684. The fourth-order valence-electron chi connectivity index (χ4n) is 3.13. The molecule has 5 heteroatoms. The van der Waals surface area contributed by atoms with Gasteiger partial charge in [-0.2, -0.15) is 0 Å². The fourth-order valence-corrected chi connectivity index (χ4v) is 3.13. The molecule has 1 aromatic heterocycles. The Kier molecular flexibility index (Phi) is 3.45. The van der Waals surface area contributed by atoms with E-state index in [0.29, 0.717) is 5.56 Å².